The normalized spacial score (nSPS) is 27.3. The number of hydrogen-bond donors (Lipinski definition) is 3. The maximum absolute atomic E-state index is 12.1. The highest BCUT2D eigenvalue weighted by molar-refractivity contribution is 7.87. The molecule has 32 heavy (non-hydrogen) atoms. The first-order valence-corrected chi connectivity index (χ1v) is 12.0. The highest BCUT2D eigenvalue weighted by Gasteiger charge is 2.69. The number of aromatic nitrogens is 2. The number of aliphatic hydroxyl groups excluding tert-OH is 2. The molecule has 2 aromatic rings. The molecule has 4 rings (SSSR count). The molecule has 1 aromatic heterocycles. The predicted molar refractivity (Wildman–Crippen MR) is 119 cm³/mol. The molecule has 0 amide bonds. The smallest absolute Gasteiger partial charge is 0.275 e. The van der Waals surface area contributed by atoms with Crippen molar-refractivity contribution in [1.29, 1.82) is 0 Å². The van der Waals surface area contributed by atoms with E-state index >= 15 is 0 Å². The van der Waals surface area contributed by atoms with Crippen LogP contribution in [0.25, 0.3) is 10.9 Å². The Kier molecular flexibility index (Phi) is 6.38. The second kappa shape index (κ2) is 8.33. The minimum Gasteiger partial charge on any atom is -0.394 e. The molecular formula is C22H30N2O7S. The minimum atomic E-state index is -4.24. The van der Waals surface area contributed by atoms with Gasteiger partial charge in [-0.2, -0.15) is 8.42 Å². The lowest BCUT2D eigenvalue weighted by Crippen LogP contribution is -2.38. The Bertz CT molecular complexity index is 1200. The van der Waals surface area contributed by atoms with E-state index in [4.69, 9.17) is 9.66 Å². The van der Waals surface area contributed by atoms with Gasteiger partial charge in [0.1, 0.15) is 11.1 Å². The molecule has 2 fully saturated rings. The van der Waals surface area contributed by atoms with Gasteiger partial charge in [0.2, 0.25) is 0 Å². The highest BCUT2D eigenvalue weighted by atomic mass is 32.2. The van der Waals surface area contributed by atoms with Gasteiger partial charge in [0.05, 0.1) is 30.2 Å². The Morgan fingerprint density at radius 2 is 1.84 bits per heavy atom. The molecule has 0 saturated heterocycles. The molecule has 4 atom stereocenters. The van der Waals surface area contributed by atoms with Crippen LogP contribution in [0.15, 0.2) is 29.1 Å². The number of nitrogens with zero attached hydrogens (tertiary/aromatic N) is 2. The van der Waals surface area contributed by atoms with E-state index in [0.717, 1.165) is 6.42 Å². The number of fused-ring (bicyclic) bond motifs is 3. The summed E-state index contributed by atoms with van der Waals surface area (Å²) in [5.41, 5.74) is -0.465. The summed E-state index contributed by atoms with van der Waals surface area (Å²) in [5, 5.41) is 17.5. The molecule has 0 spiro atoms. The Balaban J connectivity index is 0.000000182. The van der Waals surface area contributed by atoms with E-state index < -0.39 is 26.9 Å². The first kappa shape index (κ1) is 24.5. The van der Waals surface area contributed by atoms with Crippen LogP contribution in [0.3, 0.4) is 0 Å². The molecule has 0 radical (unpaired) electrons. The lowest BCUT2D eigenvalue weighted by atomic mass is 9.70. The second-order valence-corrected chi connectivity index (χ2v) is 11.0. The summed E-state index contributed by atoms with van der Waals surface area (Å²) in [7, 11) is -4.24. The van der Waals surface area contributed by atoms with E-state index in [0.29, 0.717) is 23.1 Å². The molecule has 2 aliphatic rings. The van der Waals surface area contributed by atoms with Crippen LogP contribution in [0.4, 0.5) is 0 Å². The Morgan fingerprint density at radius 3 is 2.34 bits per heavy atom. The molecule has 2 saturated carbocycles. The predicted octanol–water partition coefficient (Wildman–Crippen LogP) is 1.33. The maximum Gasteiger partial charge on any atom is 0.275 e. The van der Waals surface area contributed by atoms with Crippen molar-refractivity contribution in [3.8, 4) is 0 Å². The molecule has 2 bridgehead atoms. The summed E-state index contributed by atoms with van der Waals surface area (Å²) in [6.07, 6.45) is 0.490. The van der Waals surface area contributed by atoms with Gasteiger partial charge in [-0.1, -0.05) is 32.9 Å². The Morgan fingerprint density at radius 1 is 1.22 bits per heavy atom. The van der Waals surface area contributed by atoms with Crippen LogP contribution in [0.5, 0.6) is 0 Å². The zero-order valence-electron chi connectivity index (χ0n) is 18.6. The zero-order chi connectivity index (χ0) is 24.1. The molecule has 1 heterocycles. The number of benzene rings is 1. The molecule has 3 unspecified atom stereocenters. The summed E-state index contributed by atoms with van der Waals surface area (Å²) in [6.45, 7) is 7.05. The van der Waals surface area contributed by atoms with Crippen molar-refractivity contribution < 1.29 is 28.0 Å². The lowest BCUT2D eigenvalue weighted by molar-refractivity contribution is -0.128. The van der Waals surface area contributed by atoms with Crippen molar-refractivity contribution in [2.24, 2.45) is 16.7 Å². The quantitative estimate of drug-likeness (QED) is 0.572. The van der Waals surface area contributed by atoms with Crippen LogP contribution in [0.1, 0.15) is 39.4 Å². The fourth-order valence-corrected chi connectivity index (χ4v) is 6.53. The van der Waals surface area contributed by atoms with Crippen molar-refractivity contribution in [2.45, 2.75) is 58.4 Å². The van der Waals surface area contributed by atoms with Crippen molar-refractivity contribution >= 4 is 26.8 Å². The van der Waals surface area contributed by atoms with Gasteiger partial charge in [0.25, 0.3) is 15.7 Å². The number of carbonyl (C=O) groups is 1. The maximum atomic E-state index is 12.1. The molecule has 3 N–H and O–H groups in total. The average Bonchev–Trinajstić information content (AvgIpc) is 3.03. The van der Waals surface area contributed by atoms with Crippen LogP contribution in [0.2, 0.25) is 0 Å². The van der Waals surface area contributed by atoms with Gasteiger partial charge in [0.15, 0.2) is 5.78 Å². The Labute approximate surface area is 186 Å². The topological polar surface area (TPSA) is 147 Å². The first-order valence-electron chi connectivity index (χ1n) is 10.5. The van der Waals surface area contributed by atoms with Crippen LogP contribution in [0, 0.1) is 23.7 Å². The summed E-state index contributed by atoms with van der Waals surface area (Å²) in [4.78, 5) is 28.4. The average molecular weight is 467 g/mol. The molecule has 9 nitrogen and oxygen atoms in total. The van der Waals surface area contributed by atoms with E-state index in [9.17, 15) is 23.1 Å². The van der Waals surface area contributed by atoms with E-state index in [1.54, 1.807) is 25.1 Å². The fourth-order valence-electron chi connectivity index (χ4n) is 5.11. The number of aryl methyl sites for hydroxylation is 1. The molecule has 2 aliphatic carbocycles. The van der Waals surface area contributed by atoms with Gasteiger partial charge < -0.3 is 10.2 Å². The lowest BCUT2D eigenvalue weighted by Gasteiger charge is -2.32. The Hall–Kier alpha value is -2.14. The van der Waals surface area contributed by atoms with Crippen molar-refractivity contribution in [2.75, 3.05) is 6.61 Å². The van der Waals surface area contributed by atoms with Gasteiger partial charge in [-0.05, 0) is 43.2 Å². The van der Waals surface area contributed by atoms with E-state index in [-0.39, 0.29) is 35.8 Å². The second-order valence-electron chi connectivity index (χ2n) is 9.43. The van der Waals surface area contributed by atoms with E-state index in [1.165, 1.54) is 4.57 Å². The van der Waals surface area contributed by atoms with Crippen LogP contribution >= 0.6 is 0 Å². The number of para-hydroxylation sites is 1. The summed E-state index contributed by atoms with van der Waals surface area (Å²) >= 11 is 0. The molecular weight excluding hydrogens is 436 g/mol. The standard InChI is InChI=1S/C12H14N2O3.C10H16O4S/c1-8-13-11-5-3-2-4-10(11)12(17)14(8)6-9(16)7-15;1-9(2)6-4-5-10(9,3)8(11)7(6)15(12,13)14/h2-5,9,15-16H,6-7H2,1H3;6-7H,4-5H2,1-3H3,(H,12,13,14)/t;6?,7?,10-/m.1/s1. The van der Waals surface area contributed by atoms with Gasteiger partial charge in [-0.3, -0.25) is 18.7 Å². The summed E-state index contributed by atoms with van der Waals surface area (Å²) in [6, 6.07) is 7.07. The minimum absolute atomic E-state index is 0.0546. The number of rotatable bonds is 4. The first-order chi connectivity index (χ1) is 14.8. The molecule has 0 aliphatic heterocycles. The third kappa shape index (κ3) is 3.89. The molecule has 10 heteroatoms. The van der Waals surface area contributed by atoms with Gasteiger partial charge in [-0.15, -0.1) is 0 Å². The SMILES string of the molecule is CC1(C)C2CC[C@]1(C)C(=O)C2S(=O)(=O)O.Cc1nc2ccccc2c(=O)n1CC(O)CO. The van der Waals surface area contributed by atoms with E-state index in [1.807, 2.05) is 26.8 Å². The third-order valence-corrected chi connectivity index (χ3v) is 8.63. The largest absolute Gasteiger partial charge is 0.394 e. The van der Waals surface area contributed by atoms with Gasteiger partial charge in [0, 0.05) is 5.41 Å². The highest BCUT2D eigenvalue weighted by Crippen LogP contribution is 2.64. The van der Waals surface area contributed by atoms with Crippen molar-refractivity contribution in [3.05, 3.63) is 40.4 Å². The third-order valence-electron chi connectivity index (χ3n) is 7.45. The van der Waals surface area contributed by atoms with E-state index in [2.05, 4.69) is 4.98 Å². The van der Waals surface area contributed by atoms with Gasteiger partial charge in [-0.25, -0.2) is 4.98 Å². The summed E-state index contributed by atoms with van der Waals surface area (Å²) < 4.78 is 32.9. The van der Waals surface area contributed by atoms with Gasteiger partial charge >= 0.3 is 0 Å². The van der Waals surface area contributed by atoms with Crippen LogP contribution in [-0.2, 0) is 21.5 Å². The monoisotopic (exact) mass is 466 g/mol. The number of hydrogen-bond acceptors (Lipinski definition) is 7. The molecule has 1 aromatic carbocycles. The molecule has 176 valence electrons. The number of aliphatic hydroxyl groups is 2. The van der Waals surface area contributed by atoms with Crippen LogP contribution < -0.4 is 5.56 Å². The summed E-state index contributed by atoms with van der Waals surface area (Å²) in [5.74, 6) is -0.00236. The number of ketones is 1. The number of carbonyl (C=O) groups excluding carboxylic acids is 1. The van der Waals surface area contributed by atoms with Crippen molar-refractivity contribution in [3.63, 3.8) is 0 Å². The zero-order valence-corrected chi connectivity index (χ0v) is 19.5. The van der Waals surface area contributed by atoms with Crippen LogP contribution in [-0.4, -0.2) is 56.5 Å². The fraction of sp³-hybridized carbons (Fsp3) is 0.591. The number of Topliss-reactive ketones (excluding diaryl/α,β-unsaturated/α-hetero) is 1. The van der Waals surface area contributed by atoms with Crippen molar-refractivity contribution in [1.82, 2.24) is 9.55 Å².